The van der Waals surface area contributed by atoms with E-state index in [1.54, 1.807) is 12.1 Å². The zero-order valence-corrected chi connectivity index (χ0v) is 17.5. The third-order valence-electron chi connectivity index (χ3n) is 4.72. The minimum absolute atomic E-state index is 0.114. The molecule has 0 saturated heterocycles. The summed E-state index contributed by atoms with van der Waals surface area (Å²) in [5.41, 5.74) is 2.53. The van der Waals surface area contributed by atoms with Gasteiger partial charge in [0.2, 0.25) is 0 Å². The van der Waals surface area contributed by atoms with Gasteiger partial charge < -0.3 is 10.4 Å². The number of anilines is 1. The molecule has 0 aliphatic heterocycles. The molecule has 4 rings (SSSR count). The number of carbonyl (C=O) groups is 1. The fourth-order valence-electron chi connectivity index (χ4n) is 3.12. The summed E-state index contributed by atoms with van der Waals surface area (Å²) in [5.74, 6) is -1.03. The van der Waals surface area contributed by atoms with Crippen molar-refractivity contribution in [2.45, 2.75) is 19.4 Å². The van der Waals surface area contributed by atoms with Crippen LogP contribution in [0.5, 0.6) is 0 Å². The fraction of sp³-hybridized carbons (Fsp3) is 0.136. The number of carboxylic acid groups (broad SMARTS) is 1. The summed E-state index contributed by atoms with van der Waals surface area (Å²) in [6.07, 6.45) is 1.51. The van der Waals surface area contributed by atoms with Gasteiger partial charge in [0.1, 0.15) is 28.8 Å². The van der Waals surface area contributed by atoms with Crippen LogP contribution in [0.2, 0.25) is 5.02 Å². The number of nitrogens with one attached hydrogen (secondary N) is 1. The van der Waals surface area contributed by atoms with Crippen LogP contribution in [0.15, 0.2) is 54.9 Å². The number of carboxylic acids is 1. The van der Waals surface area contributed by atoms with Crippen LogP contribution in [0.1, 0.15) is 11.1 Å². The Bertz CT molecular complexity index is 1240. The lowest BCUT2D eigenvalue weighted by atomic mass is 10.1. The Hall–Kier alpha value is -3.03. The molecule has 5 nitrogen and oxygen atoms in total. The topological polar surface area (TPSA) is 75.1 Å². The summed E-state index contributed by atoms with van der Waals surface area (Å²) in [6.45, 7) is 1.94. The van der Waals surface area contributed by atoms with Crippen molar-refractivity contribution in [1.82, 2.24) is 9.97 Å². The maximum absolute atomic E-state index is 13.5. The maximum Gasteiger partial charge on any atom is 0.326 e. The molecule has 2 heterocycles. The number of aliphatic carboxylic acids is 1. The number of thiophene rings is 1. The highest BCUT2D eigenvalue weighted by Gasteiger charge is 2.21. The molecule has 8 heteroatoms. The van der Waals surface area contributed by atoms with E-state index < -0.39 is 17.8 Å². The highest BCUT2D eigenvalue weighted by atomic mass is 35.5. The van der Waals surface area contributed by atoms with Crippen LogP contribution in [0.4, 0.5) is 10.2 Å². The van der Waals surface area contributed by atoms with E-state index in [-0.39, 0.29) is 6.42 Å². The lowest BCUT2D eigenvalue weighted by molar-refractivity contribution is -0.137. The Labute approximate surface area is 181 Å². The largest absolute Gasteiger partial charge is 0.480 e. The Morgan fingerprint density at radius 1 is 1.23 bits per heavy atom. The monoisotopic (exact) mass is 441 g/mol. The summed E-state index contributed by atoms with van der Waals surface area (Å²) in [5, 5.41) is 14.0. The molecule has 1 atom stereocenters. The molecule has 2 aromatic carbocycles. The van der Waals surface area contributed by atoms with Crippen LogP contribution >= 0.6 is 22.9 Å². The first-order valence-corrected chi connectivity index (χ1v) is 10.3. The number of fused-ring (bicyclic) bond motifs is 1. The summed E-state index contributed by atoms with van der Waals surface area (Å²) in [6, 6.07) is 12.7. The second-order valence-electron chi connectivity index (χ2n) is 6.88. The first-order valence-electron chi connectivity index (χ1n) is 9.15. The second-order valence-corrected chi connectivity index (χ2v) is 8.32. The van der Waals surface area contributed by atoms with Gasteiger partial charge in [0, 0.05) is 16.3 Å². The molecule has 4 aromatic rings. The van der Waals surface area contributed by atoms with Crippen molar-refractivity contribution in [3.05, 3.63) is 76.8 Å². The molecule has 0 unspecified atom stereocenters. The molecule has 0 bridgehead atoms. The predicted octanol–water partition coefficient (Wildman–Crippen LogP) is 5.57. The Morgan fingerprint density at radius 3 is 2.80 bits per heavy atom. The van der Waals surface area contributed by atoms with Gasteiger partial charge in [-0.05, 0) is 47.9 Å². The van der Waals surface area contributed by atoms with E-state index >= 15 is 0 Å². The molecule has 0 amide bonds. The summed E-state index contributed by atoms with van der Waals surface area (Å²) in [4.78, 5) is 22.1. The molecule has 0 fully saturated rings. The van der Waals surface area contributed by atoms with Gasteiger partial charge in [0.05, 0.1) is 5.39 Å². The molecule has 0 aliphatic carbocycles. The van der Waals surface area contributed by atoms with Crippen LogP contribution in [-0.2, 0) is 11.2 Å². The van der Waals surface area contributed by atoms with E-state index in [0.717, 1.165) is 26.2 Å². The van der Waals surface area contributed by atoms with Crippen molar-refractivity contribution < 1.29 is 14.3 Å². The first-order chi connectivity index (χ1) is 14.4. The van der Waals surface area contributed by atoms with E-state index in [1.807, 2.05) is 31.2 Å². The third-order valence-corrected chi connectivity index (χ3v) is 6.22. The first kappa shape index (κ1) is 20.3. The van der Waals surface area contributed by atoms with Gasteiger partial charge in [-0.1, -0.05) is 35.9 Å². The van der Waals surface area contributed by atoms with Crippen LogP contribution in [0, 0.1) is 12.7 Å². The zero-order chi connectivity index (χ0) is 21.3. The van der Waals surface area contributed by atoms with E-state index in [0.29, 0.717) is 16.4 Å². The lowest BCUT2D eigenvalue weighted by Crippen LogP contribution is -2.32. The van der Waals surface area contributed by atoms with Crippen LogP contribution in [0.25, 0.3) is 20.7 Å². The van der Waals surface area contributed by atoms with Crippen molar-refractivity contribution >= 4 is 44.9 Å². The number of aryl methyl sites for hydroxylation is 1. The number of aromatic nitrogens is 2. The quantitative estimate of drug-likeness (QED) is 0.409. The average Bonchev–Trinajstić information content (AvgIpc) is 3.15. The Balaban J connectivity index is 1.66. The molecular weight excluding hydrogens is 425 g/mol. The molecule has 0 aliphatic rings. The molecule has 30 heavy (non-hydrogen) atoms. The van der Waals surface area contributed by atoms with Crippen LogP contribution < -0.4 is 5.32 Å². The minimum Gasteiger partial charge on any atom is -0.480 e. The number of hydrogen-bond donors (Lipinski definition) is 2. The normalized spacial score (nSPS) is 12.1. The minimum atomic E-state index is -1.05. The molecule has 2 aromatic heterocycles. The van der Waals surface area contributed by atoms with Crippen molar-refractivity contribution in [2.24, 2.45) is 0 Å². The van der Waals surface area contributed by atoms with E-state index in [4.69, 9.17) is 11.6 Å². The molecule has 152 valence electrons. The number of nitrogens with zero attached hydrogens (tertiary/aromatic N) is 2. The Kier molecular flexibility index (Phi) is 5.65. The van der Waals surface area contributed by atoms with Crippen LogP contribution in [0.3, 0.4) is 0 Å². The highest BCUT2D eigenvalue weighted by molar-refractivity contribution is 7.21. The van der Waals surface area contributed by atoms with Gasteiger partial charge in [-0.15, -0.1) is 11.3 Å². The summed E-state index contributed by atoms with van der Waals surface area (Å²) < 4.78 is 13.5. The van der Waals surface area contributed by atoms with Gasteiger partial charge in [0.15, 0.2) is 0 Å². The summed E-state index contributed by atoms with van der Waals surface area (Å²) in [7, 11) is 0. The second kappa shape index (κ2) is 8.38. The third kappa shape index (κ3) is 4.27. The van der Waals surface area contributed by atoms with Crippen molar-refractivity contribution in [3.63, 3.8) is 0 Å². The van der Waals surface area contributed by atoms with Crippen LogP contribution in [-0.4, -0.2) is 27.1 Å². The van der Waals surface area contributed by atoms with Crippen molar-refractivity contribution in [3.8, 4) is 10.4 Å². The highest BCUT2D eigenvalue weighted by Crippen LogP contribution is 2.36. The van der Waals surface area contributed by atoms with Gasteiger partial charge in [-0.25, -0.2) is 19.2 Å². The van der Waals surface area contributed by atoms with E-state index in [9.17, 15) is 14.3 Å². The molecule has 0 radical (unpaired) electrons. The van der Waals surface area contributed by atoms with Gasteiger partial charge in [-0.2, -0.15) is 0 Å². The lowest BCUT2D eigenvalue weighted by Gasteiger charge is -2.15. The predicted molar refractivity (Wildman–Crippen MR) is 118 cm³/mol. The molecule has 0 saturated carbocycles. The molecule has 2 N–H and O–H groups in total. The molecular formula is C22H17ClFN3O2S. The number of benzene rings is 2. The van der Waals surface area contributed by atoms with Crippen molar-refractivity contribution in [2.75, 3.05) is 5.32 Å². The zero-order valence-electron chi connectivity index (χ0n) is 15.9. The number of rotatable bonds is 6. The number of halogens is 2. The fourth-order valence-corrected chi connectivity index (χ4v) is 4.30. The van der Waals surface area contributed by atoms with Gasteiger partial charge >= 0.3 is 5.97 Å². The molecule has 0 spiro atoms. The average molecular weight is 442 g/mol. The Morgan fingerprint density at radius 2 is 2.07 bits per heavy atom. The number of hydrogen-bond acceptors (Lipinski definition) is 5. The van der Waals surface area contributed by atoms with E-state index in [2.05, 4.69) is 15.3 Å². The SMILES string of the molecule is Cc1ccc(-c2cc3c(N[C@H](Cc4cccc(F)c4)C(=O)O)ncnc3s2)cc1Cl. The standard InChI is InChI=1S/C22H17ClFN3O2S/c1-12-5-6-14(9-17(12)23)19-10-16-20(25-11-26-21(16)30-19)27-18(22(28)29)8-13-3-2-4-15(24)7-13/h2-7,9-11,18H,8H2,1H3,(H,28,29)(H,25,26,27)/t18-/m1/s1. The maximum atomic E-state index is 13.5. The van der Waals surface area contributed by atoms with Gasteiger partial charge in [0.25, 0.3) is 0 Å². The van der Waals surface area contributed by atoms with Crippen molar-refractivity contribution in [1.29, 1.82) is 0 Å². The summed E-state index contributed by atoms with van der Waals surface area (Å²) >= 11 is 7.73. The smallest absolute Gasteiger partial charge is 0.326 e. The van der Waals surface area contributed by atoms with Gasteiger partial charge in [-0.3, -0.25) is 0 Å². The van der Waals surface area contributed by atoms with E-state index in [1.165, 1.54) is 29.8 Å².